The number of amides is 1. The molecule has 8 heteroatoms. The molecule has 5 nitrogen and oxygen atoms in total. The van der Waals surface area contributed by atoms with Crippen LogP contribution < -0.4 is 5.32 Å². The minimum atomic E-state index is -3.95. The molecule has 0 radical (unpaired) electrons. The van der Waals surface area contributed by atoms with Gasteiger partial charge in [-0.15, -0.1) is 0 Å². The summed E-state index contributed by atoms with van der Waals surface area (Å²) in [5.41, 5.74) is 5.56. The van der Waals surface area contributed by atoms with E-state index in [0.29, 0.717) is 18.9 Å². The van der Waals surface area contributed by atoms with Gasteiger partial charge >= 0.3 is 0 Å². The van der Waals surface area contributed by atoms with Gasteiger partial charge in [0, 0.05) is 24.7 Å². The molecule has 0 spiro atoms. The Morgan fingerprint density at radius 2 is 1.61 bits per heavy atom. The molecule has 3 aromatic carbocycles. The van der Waals surface area contributed by atoms with E-state index in [-0.39, 0.29) is 29.8 Å². The first kappa shape index (κ1) is 21.7. The number of piperidine rings is 1. The van der Waals surface area contributed by atoms with E-state index in [2.05, 4.69) is 17.4 Å². The second kappa shape index (κ2) is 8.35. The predicted molar refractivity (Wildman–Crippen MR) is 121 cm³/mol. The van der Waals surface area contributed by atoms with Gasteiger partial charge in [-0.2, -0.15) is 4.31 Å². The van der Waals surface area contributed by atoms with Crippen LogP contribution in [0.1, 0.15) is 24.0 Å². The van der Waals surface area contributed by atoms with E-state index >= 15 is 0 Å². The third-order valence-electron chi connectivity index (χ3n) is 6.41. The zero-order chi connectivity index (χ0) is 23.2. The van der Waals surface area contributed by atoms with Gasteiger partial charge in [-0.25, -0.2) is 17.2 Å². The molecule has 0 atom stereocenters. The fourth-order valence-electron chi connectivity index (χ4n) is 4.61. The van der Waals surface area contributed by atoms with Crippen molar-refractivity contribution in [2.24, 2.45) is 5.92 Å². The molecule has 33 heavy (non-hydrogen) atoms. The number of halogens is 2. The fraction of sp³-hybridized carbons (Fsp3) is 0.240. The van der Waals surface area contributed by atoms with E-state index in [4.69, 9.17) is 0 Å². The van der Waals surface area contributed by atoms with Crippen LogP contribution >= 0.6 is 0 Å². The Morgan fingerprint density at radius 3 is 2.36 bits per heavy atom. The van der Waals surface area contributed by atoms with Gasteiger partial charge in [0.1, 0.15) is 0 Å². The first-order valence-electron chi connectivity index (χ1n) is 10.8. The highest BCUT2D eigenvalue weighted by Crippen LogP contribution is 2.37. The Hall–Kier alpha value is -3.10. The number of fused-ring (bicyclic) bond motifs is 3. The van der Waals surface area contributed by atoms with Crippen LogP contribution in [0.5, 0.6) is 0 Å². The lowest BCUT2D eigenvalue weighted by molar-refractivity contribution is -0.120. The van der Waals surface area contributed by atoms with Crippen LogP contribution in [0, 0.1) is 17.6 Å². The van der Waals surface area contributed by atoms with Crippen molar-refractivity contribution in [3.8, 4) is 11.1 Å². The molecular formula is C25H22F2N2O3S. The quantitative estimate of drug-likeness (QED) is 0.477. The molecule has 0 aromatic heterocycles. The minimum Gasteiger partial charge on any atom is -0.326 e. The Kier molecular flexibility index (Phi) is 5.50. The second-order valence-corrected chi connectivity index (χ2v) is 10.4. The molecular weight excluding hydrogens is 446 g/mol. The van der Waals surface area contributed by atoms with E-state index in [1.54, 1.807) is 0 Å². The molecule has 0 unspecified atom stereocenters. The first-order valence-corrected chi connectivity index (χ1v) is 12.2. The topological polar surface area (TPSA) is 66.5 Å². The number of hydrogen-bond acceptors (Lipinski definition) is 3. The molecule has 0 saturated carbocycles. The average Bonchev–Trinajstić information content (AvgIpc) is 3.18. The van der Waals surface area contributed by atoms with E-state index in [9.17, 15) is 22.0 Å². The molecule has 1 aliphatic carbocycles. The van der Waals surface area contributed by atoms with Crippen molar-refractivity contribution in [1.29, 1.82) is 0 Å². The molecule has 1 aliphatic heterocycles. The van der Waals surface area contributed by atoms with Crippen molar-refractivity contribution >= 4 is 21.6 Å². The largest absolute Gasteiger partial charge is 0.326 e. The van der Waals surface area contributed by atoms with Gasteiger partial charge in [0.05, 0.1) is 4.90 Å². The van der Waals surface area contributed by atoms with Crippen LogP contribution in [0.4, 0.5) is 14.5 Å². The van der Waals surface area contributed by atoms with Gasteiger partial charge in [-0.3, -0.25) is 4.79 Å². The highest BCUT2D eigenvalue weighted by molar-refractivity contribution is 7.89. The van der Waals surface area contributed by atoms with Gasteiger partial charge in [0.2, 0.25) is 15.9 Å². The summed E-state index contributed by atoms with van der Waals surface area (Å²) in [6, 6.07) is 16.7. The van der Waals surface area contributed by atoms with Gasteiger partial charge in [-0.1, -0.05) is 30.3 Å². The summed E-state index contributed by atoms with van der Waals surface area (Å²) in [5.74, 6) is -2.77. The number of anilines is 1. The van der Waals surface area contributed by atoms with Crippen LogP contribution in [0.3, 0.4) is 0 Å². The molecule has 2 aliphatic rings. The fourth-order valence-corrected chi connectivity index (χ4v) is 6.09. The molecule has 3 aromatic rings. The second-order valence-electron chi connectivity index (χ2n) is 8.45. The zero-order valence-electron chi connectivity index (χ0n) is 17.7. The normalized spacial score (nSPS) is 16.3. The lowest BCUT2D eigenvalue weighted by Crippen LogP contribution is -2.41. The molecule has 0 bridgehead atoms. The van der Waals surface area contributed by atoms with Crippen LogP contribution in [0.15, 0.2) is 65.6 Å². The van der Waals surface area contributed by atoms with E-state index in [1.165, 1.54) is 26.6 Å². The van der Waals surface area contributed by atoms with Crippen molar-refractivity contribution in [2.75, 3.05) is 18.4 Å². The summed E-state index contributed by atoms with van der Waals surface area (Å²) in [6.45, 7) is 0.276. The SMILES string of the molecule is O=C(Nc1ccc2c(c1)Cc1ccccc1-2)C1CCN(S(=O)(=O)c2ccc(F)c(F)c2)CC1. The molecule has 1 N–H and O–H groups in total. The van der Waals surface area contributed by atoms with Gasteiger partial charge in [0.25, 0.3) is 0 Å². The summed E-state index contributed by atoms with van der Waals surface area (Å²) in [7, 11) is -3.95. The number of carbonyl (C=O) groups excluding carboxylic acids is 1. The molecule has 1 heterocycles. The van der Waals surface area contributed by atoms with Crippen LogP contribution in [0.2, 0.25) is 0 Å². The summed E-state index contributed by atoms with van der Waals surface area (Å²) >= 11 is 0. The van der Waals surface area contributed by atoms with Crippen molar-refractivity contribution in [3.63, 3.8) is 0 Å². The lowest BCUT2D eigenvalue weighted by Gasteiger charge is -2.30. The number of sulfonamides is 1. The maximum absolute atomic E-state index is 13.5. The third-order valence-corrected chi connectivity index (χ3v) is 8.31. The number of carbonyl (C=O) groups is 1. The third kappa shape index (κ3) is 4.05. The molecule has 1 saturated heterocycles. The Balaban J connectivity index is 1.22. The molecule has 5 rings (SSSR count). The number of rotatable bonds is 4. The van der Waals surface area contributed by atoms with Crippen molar-refractivity contribution < 1.29 is 22.0 Å². The maximum Gasteiger partial charge on any atom is 0.243 e. The Labute approximate surface area is 191 Å². The standard InChI is InChI=1S/C25H22F2N2O3S/c26-23-8-6-20(15-24(23)27)33(31,32)29-11-9-16(10-12-29)25(30)28-19-5-7-22-18(14-19)13-17-3-1-2-4-21(17)22/h1-8,14-16H,9-13H2,(H,28,30). The molecule has 170 valence electrons. The van der Waals surface area contributed by atoms with Crippen molar-refractivity contribution in [2.45, 2.75) is 24.2 Å². The summed E-state index contributed by atoms with van der Waals surface area (Å²) in [4.78, 5) is 12.5. The number of hydrogen-bond donors (Lipinski definition) is 1. The smallest absolute Gasteiger partial charge is 0.243 e. The monoisotopic (exact) mass is 468 g/mol. The van der Waals surface area contributed by atoms with Gasteiger partial charge in [0.15, 0.2) is 11.6 Å². The Bertz CT molecular complexity index is 1350. The van der Waals surface area contributed by atoms with Gasteiger partial charge < -0.3 is 5.32 Å². The highest BCUT2D eigenvalue weighted by Gasteiger charge is 2.32. The van der Waals surface area contributed by atoms with E-state index in [1.807, 2.05) is 30.3 Å². The number of benzene rings is 3. The van der Waals surface area contributed by atoms with E-state index in [0.717, 1.165) is 24.2 Å². The lowest BCUT2D eigenvalue weighted by atomic mass is 9.97. The Morgan fingerprint density at radius 1 is 0.879 bits per heavy atom. The van der Waals surface area contributed by atoms with Crippen molar-refractivity contribution in [1.82, 2.24) is 4.31 Å². The van der Waals surface area contributed by atoms with Crippen LogP contribution in [-0.2, 0) is 21.2 Å². The highest BCUT2D eigenvalue weighted by atomic mass is 32.2. The van der Waals surface area contributed by atoms with Crippen molar-refractivity contribution in [3.05, 3.63) is 83.4 Å². The minimum absolute atomic E-state index is 0.138. The summed E-state index contributed by atoms with van der Waals surface area (Å²) in [5, 5.41) is 2.97. The predicted octanol–water partition coefficient (Wildman–Crippen LogP) is 4.58. The molecule has 1 fully saturated rings. The van der Waals surface area contributed by atoms with E-state index < -0.39 is 21.7 Å². The first-order chi connectivity index (χ1) is 15.8. The van der Waals surface area contributed by atoms with Crippen LogP contribution in [-0.4, -0.2) is 31.7 Å². The average molecular weight is 469 g/mol. The number of nitrogens with one attached hydrogen (secondary N) is 1. The number of nitrogens with zero attached hydrogens (tertiary/aromatic N) is 1. The summed E-state index contributed by atoms with van der Waals surface area (Å²) < 4.78 is 53.4. The maximum atomic E-state index is 13.5. The van der Waals surface area contributed by atoms with Crippen LogP contribution in [0.25, 0.3) is 11.1 Å². The summed E-state index contributed by atoms with van der Waals surface area (Å²) in [6.07, 6.45) is 1.53. The molecule has 1 amide bonds. The van der Waals surface area contributed by atoms with Gasteiger partial charge in [-0.05, 0) is 71.8 Å². The zero-order valence-corrected chi connectivity index (χ0v) is 18.5.